The van der Waals surface area contributed by atoms with Gasteiger partial charge in [-0.3, -0.25) is 9.48 Å². The molecule has 1 aromatic rings. The number of nitrogens with one attached hydrogen (secondary N) is 1. The number of hydrogen-bond acceptors (Lipinski definition) is 5. The van der Waals surface area contributed by atoms with Gasteiger partial charge in [-0.2, -0.15) is 0 Å². The predicted octanol–water partition coefficient (Wildman–Crippen LogP) is 1.52. The minimum Gasteiger partial charge on any atom is -0.506 e. The molecule has 2 aliphatic rings. The number of allylic oxidation sites excluding steroid dienone is 3. The molecule has 0 spiro atoms. The summed E-state index contributed by atoms with van der Waals surface area (Å²) >= 11 is 0. The Balaban J connectivity index is 2.13. The van der Waals surface area contributed by atoms with Gasteiger partial charge >= 0.3 is 0 Å². The number of anilines is 1. The van der Waals surface area contributed by atoms with Crippen LogP contribution in [0, 0.1) is 5.41 Å². The van der Waals surface area contributed by atoms with Crippen LogP contribution in [0.3, 0.4) is 0 Å². The van der Waals surface area contributed by atoms with E-state index < -0.39 is 0 Å². The van der Waals surface area contributed by atoms with Gasteiger partial charge in [-0.05, 0) is 31.4 Å². The molecule has 0 unspecified atom stereocenters. The van der Waals surface area contributed by atoms with Gasteiger partial charge in [0.1, 0.15) is 11.5 Å². The molecule has 0 saturated heterocycles. The van der Waals surface area contributed by atoms with E-state index in [-0.39, 0.29) is 28.4 Å². The first-order valence-electron chi connectivity index (χ1n) is 6.85. The Kier molecular flexibility index (Phi) is 3.04. The van der Waals surface area contributed by atoms with Crippen molar-refractivity contribution in [2.45, 2.75) is 32.9 Å². The van der Waals surface area contributed by atoms with Crippen molar-refractivity contribution in [1.82, 2.24) is 9.36 Å². The van der Waals surface area contributed by atoms with Crippen molar-refractivity contribution in [3.8, 4) is 0 Å². The van der Waals surface area contributed by atoms with Crippen LogP contribution < -0.4 is 11.3 Å². The molecule has 21 heavy (non-hydrogen) atoms. The third kappa shape index (κ3) is 2.10. The molecule has 1 aromatic heterocycles. The van der Waals surface area contributed by atoms with Crippen molar-refractivity contribution in [2.75, 3.05) is 5.73 Å². The SMILES string of the molecule is CC1=CC(=Nc2c(N)n3n(c2=O)CCCC3)C(O)=CC1=N. The Morgan fingerprint density at radius 3 is 2.62 bits per heavy atom. The van der Waals surface area contributed by atoms with Crippen LogP contribution in [0.5, 0.6) is 0 Å². The number of rotatable bonds is 1. The summed E-state index contributed by atoms with van der Waals surface area (Å²) in [6.07, 6.45) is 4.83. The maximum absolute atomic E-state index is 12.4. The second-order valence-corrected chi connectivity index (χ2v) is 5.26. The predicted molar refractivity (Wildman–Crippen MR) is 81.6 cm³/mol. The summed E-state index contributed by atoms with van der Waals surface area (Å²) in [7, 11) is 0. The van der Waals surface area contributed by atoms with Crippen LogP contribution >= 0.6 is 0 Å². The monoisotopic (exact) mass is 287 g/mol. The molecular weight excluding hydrogens is 270 g/mol. The lowest BCUT2D eigenvalue weighted by atomic mass is 10.0. The summed E-state index contributed by atoms with van der Waals surface area (Å²) < 4.78 is 3.34. The van der Waals surface area contributed by atoms with E-state index in [1.807, 2.05) is 0 Å². The highest BCUT2D eigenvalue weighted by Gasteiger charge is 2.21. The first-order valence-corrected chi connectivity index (χ1v) is 6.85. The van der Waals surface area contributed by atoms with Crippen molar-refractivity contribution >= 4 is 22.9 Å². The maximum atomic E-state index is 12.4. The zero-order valence-corrected chi connectivity index (χ0v) is 11.8. The number of aromatic nitrogens is 2. The van der Waals surface area contributed by atoms with Gasteiger partial charge in [-0.1, -0.05) is 0 Å². The van der Waals surface area contributed by atoms with E-state index in [2.05, 4.69) is 4.99 Å². The molecule has 110 valence electrons. The quantitative estimate of drug-likeness (QED) is 0.681. The number of nitrogens with two attached hydrogens (primary N) is 1. The third-order valence-electron chi connectivity index (χ3n) is 3.79. The van der Waals surface area contributed by atoms with Gasteiger partial charge < -0.3 is 16.2 Å². The summed E-state index contributed by atoms with van der Waals surface area (Å²) in [4.78, 5) is 16.6. The van der Waals surface area contributed by atoms with Crippen LogP contribution in [0.15, 0.2) is 33.3 Å². The minimum absolute atomic E-state index is 0.126. The Morgan fingerprint density at radius 1 is 1.29 bits per heavy atom. The fourth-order valence-electron chi connectivity index (χ4n) is 2.58. The molecule has 0 bridgehead atoms. The maximum Gasteiger partial charge on any atom is 0.294 e. The van der Waals surface area contributed by atoms with Crippen LogP contribution in [0.1, 0.15) is 19.8 Å². The highest BCUT2D eigenvalue weighted by Crippen LogP contribution is 2.23. The van der Waals surface area contributed by atoms with Crippen molar-refractivity contribution in [3.05, 3.63) is 33.8 Å². The summed E-state index contributed by atoms with van der Waals surface area (Å²) in [6.45, 7) is 3.09. The van der Waals surface area contributed by atoms with Gasteiger partial charge in [0.05, 0.1) is 5.71 Å². The lowest BCUT2D eigenvalue weighted by Gasteiger charge is -2.17. The number of aliphatic hydroxyl groups excluding tert-OH is 1. The van der Waals surface area contributed by atoms with E-state index in [4.69, 9.17) is 11.1 Å². The number of fused-ring (bicyclic) bond motifs is 1. The van der Waals surface area contributed by atoms with E-state index in [1.54, 1.807) is 22.4 Å². The summed E-state index contributed by atoms with van der Waals surface area (Å²) in [5, 5.41) is 17.5. The molecule has 7 nitrogen and oxygen atoms in total. The van der Waals surface area contributed by atoms with Gasteiger partial charge in [0.2, 0.25) is 0 Å². The molecule has 1 aliphatic carbocycles. The molecule has 0 amide bonds. The number of aliphatic imine (C=N–C) groups is 1. The van der Waals surface area contributed by atoms with Gasteiger partial charge in [-0.25, -0.2) is 9.67 Å². The Morgan fingerprint density at radius 2 is 1.95 bits per heavy atom. The van der Waals surface area contributed by atoms with Gasteiger partial charge in [0.15, 0.2) is 11.5 Å². The first kappa shape index (κ1) is 13.4. The fourth-order valence-corrected chi connectivity index (χ4v) is 2.58. The molecule has 4 N–H and O–H groups in total. The lowest BCUT2D eigenvalue weighted by Crippen LogP contribution is -2.27. The molecule has 0 radical (unpaired) electrons. The largest absolute Gasteiger partial charge is 0.506 e. The zero-order valence-electron chi connectivity index (χ0n) is 11.8. The standard InChI is InChI=1S/C14H17N5O2/c1-8-6-10(11(20)7-9(8)15)17-12-13(16)18-4-2-3-5-19(18)14(12)21/h6-7,15,20H,2-5,16H2,1H3. The Hall–Kier alpha value is -2.57. The Bertz CT molecular complexity index is 776. The molecule has 0 atom stereocenters. The average molecular weight is 287 g/mol. The average Bonchev–Trinajstić information content (AvgIpc) is 2.70. The Labute approximate surface area is 121 Å². The van der Waals surface area contributed by atoms with Crippen molar-refractivity contribution < 1.29 is 5.11 Å². The molecule has 0 aromatic carbocycles. The lowest BCUT2D eigenvalue weighted by molar-refractivity contribution is 0.360. The van der Waals surface area contributed by atoms with Crippen LogP contribution in [-0.4, -0.2) is 25.9 Å². The minimum atomic E-state index is -0.237. The molecule has 0 saturated carbocycles. The van der Waals surface area contributed by atoms with E-state index in [0.717, 1.165) is 12.8 Å². The summed E-state index contributed by atoms with van der Waals surface area (Å²) in [5.41, 5.74) is 7.10. The van der Waals surface area contributed by atoms with Crippen LogP contribution in [0.2, 0.25) is 0 Å². The number of aliphatic hydroxyl groups is 1. The molecule has 3 rings (SSSR count). The van der Waals surface area contributed by atoms with Gasteiger partial charge in [0, 0.05) is 19.2 Å². The van der Waals surface area contributed by atoms with E-state index in [9.17, 15) is 9.90 Å². The topological polar surface area (TPSA) is 109 Å². The van der Waals surface area contributed by atoms with Crippen LogP contribution in [0.25, 0.3) is 0 Å². The summed E-state index contributed by atoms with van der Waals surface area (Å²) in [6, 6.07) is 0. The number of hydrogen-bond donors (Lipinski definition) is 3. The van der Waals surface area contributed by atoms with E-state index >= 15 is 0 Å². The first-order chi connectivity index (χ1) is 9.99. The van der Waals surface area contributed by atoms with E-state index in [1.165, 1.54) is 6.08 Å². The number of nitrogens with zero attached hydrogens (tertiary/aromatic N) is 3. The highest BCUT2D eigenvalue weighted by molar-refractivity contribution is 6.22. The van der Waals surface area contributed by atoms with Crippen LogP contribution in [0.4, 0.5) is 11.5 Å². The van der Waals surface area contributed by atoms with Crippen molar-refractivity contribution in [2.24, 2.45) is 4.99 Å². The smallest absolute Gasteiger partial charge is 0.294 e. The normalized spacial score (nSPS) is 20.2. The van der Waals surface area contributed by atoms with E-state index in [0.29, 0.717) is 24.5 Å². The van der Waals surface area contributed by atoms with Crippen molar-refractivity contribution in [3.63, 3.8) is 0 Å². The zero-order chi connectivity index (χ0) is 15.1. The third-order valence-corrected chi connectivity index (χ3v) is 3.79. The second-order valence-electron chi connectivity index (χ2n) is 5.26. The van der Waals surface area contributed by atoms with Gasteiger partial charge in [-0.15, -0.1) is 0 Å². The second kappa shape index (κ2) is 4.76. The molecule has 1 aliphatic heterocycles. The fraction of sp³-hybridized carbons (Fsp3) is 0.357. The molecular formula is C14H17N5O2. The van der Waals surface area contributed by atoms with Crippen molar-refractivity contribution in [1.29, 1.82) is 5.41 Å². The molecule has 2 heterocycles. The summed E-state index contributed by atoms with van der Waals surface area (Å²) in [5.74, 6) is 0.199. The molecule has 0 fully saturated rings. The molecule has 7 heteroatoms. The van der Waals surface area contributed by atoms with Crippen LogP contribution in [-0.2, 0) is 13.1 Å². The highest BCUT2D eigenvalue weighted by atomic mass is 16.3. The van der Waals surface area contributed by atoms with Gasteiger partial charge in [0.25, 0.3) is 5.56 Å². The number of nitrogen functional groups attached to an aromatic ring is 1.